The molecule has 4 N–H and O–H groups in total. The van der Waals surface area contributed by atoms with Crippen molar-refractivity contribution in [2.75, 3.05) is 5.32 Å². The highest BCUT2D eigenvalue weighted by molar-refractivity contribution is 5.96. The Morgan fingerprint density at radius 2 is 1.65 bits per heavy atom. The topological polar surface area (TPSA) is 128 Å². The predicted molar refractivity (Wildman–Crippen MR) is 155 cm³/mol. The lowest BCUT2D eigenvalue weighted by Gasteiger charge is -2.14. The van der Waals surface area contributed by atoms with Gasteiger partial charge in [-0.2, -0.15) is 5.10 Å². The molecule has 0 saturated heterocycles. The van der Waals surface area contributed by atoms with Crippen LogP contribution in [-0.2, 0) is 6.42 Å². The van der Waals surface area contributed by atoms with E-state index in [9.17, 15) is 5.11 Å². The molecule has 0 saturated carbocycles. The van der Waals surface area contributed by atoms with E-state index in [0.29, 0.717) is 29.1 Å². The number of nitrogens with one attached hydrogen (secondary N) is 3. The molecule has 40 heavy (non-hydrogen) atoms. The summed E-state index contributed by atoms with van der Waals surface area (Å²) in [4.78, 5) is 21.8. The van der Waals surface area contributed by atoms with E-state index in [4.69, 9.17) is 9.97 Å². The predicted octanol–water partition coefficient (Wildman–Crippen LogP) is 5.60. The molecule has 5 aromatic heterocycles. The van der Waals surface area contributed by atoms with Crippen LogP contribution in [0.2, 0.25) is 0 Å². The Hall–Kier alpha value is -5.41. The van der Waals surface area contributed by atoms with Crippen molar-refractivity contribution in [2.45, 2.75) is 12.6 Å². The largest absolute Gasteiger partial charge is 0.373 e. The van der Waals surface area contributed by atoms with Gasteiger partial charge in [-0.25, -0.2) is 9.97 Å². The van der Waals surface area contributed by atoms with Gasteiger partial charge < -0.3 is 15.4 Å². The van der Waals surface area contributed by atoms with E-state index >= 15 is 0 Å². The first-order chi connectivity index (χ1) is 19.7. The van der Waals surface area contributed by atoms with Crippen LogP contribution >= 0.6 is 0 Å². The summed E-state index contributed by atoms with van der Waals surface area (Å²) in [5.74, 6) is 0.630. The second-order valence-electron chi connectivity index (χ2n) is 9.50. The fourth-order valence-corrected chi connectivity index (χ4v) is 4.87. The molecule has 0 aliphatic rings. The minimum atomic E-state index is -0.750. The molecular formula is C31H24N8O. The molecule has 0 aliphatic heterocycles. The molecule has 9 nitrogen and oxygen atoms in total. The number of para-hydroxylation sites is 1. The van der Waals surface area contributed by atoms with E-state index in [-0.39, 0.29) is 0 Å². The number of hydrogen-bond acceptors (Lipinski definition) is 7. The third kappa shape index (κ3) is 4.55. The van der Waals surface area contributed by atoms with Crippen molar-refractivity contribution in [3.63, 3.8) is 0 Å². The minimum absolute atomic E-state index is 0.480. The summed E-state index contributed by atoms with van der Waals surface area (Å²) in [6.45, 7) is 0. The number of aliphatic hydroxyl groups excluding tert-OH is 1. The smallest absolute Gasteiger partial charge is 0.161 e. The molecule has 0 bridgehead atoms. The van der Waals surface area contributed by atoms with Crippen LogP contribution in [0.4, 0.5) is 5.69 Å². The molecule has 0 aliphatic carbocycles. The number of H-pyrrole nitrogens is 2. The van der Waals surface area contributed by atoms with Gasteiger partial charge in [0, 0.05) is 36.1 Å². The van der Waals surface area contributed by atoms with E-state index in [2.05, 4.69) is 30.5 Å². The van der Waals surface area contributed by atoms with Gasteiger partial charge in [0.05, 0.1) is 34.1 Å². The van der Waals surface area contributed by atoms with Crippen LogP contribution < -0.4 is 5.32 Å². The van der Waals surface area contributed by atoms with Gasteiger partial charge >= 0.3 is 0 Å². The molecule has 0 fully saturated rings. The van der Waals surface area contributed by atoms with Crippen LogP contribution in [0.25, 0.3) is 56.0 Å². The Bertz CT molecular complexity index is 1930. The van der Waals surface area contributed by atoms with E-state index in [0.717, 1.165) is 44.5 Å². The number of aliphatic hydroxyl groups is 1. The van der Waals surface area contributed by atoms with Crippen molar-refractivity contribution < 1.29 is 5.11 Å². The third-order valence-electron chi connectivity index (χ3n) is 6.78. The monoisotopic (exact) mass is 524 g/mol. The number of aromatic amines is 2. The average Bonchev–Trinajstić information content (AvgIpc) is 3.62. The molecule has 7 aromatic rings. The number of rotatable bonds is 7. The summed E-state index contributed by atoms with van der Waals surface area (Å²) in [5, 5.41) is 21.3. The molecule has 7 rings (SSSR count). The van der Waals surface area contributed by atoms with Gasteiger partial charge in [0.25, 0.3) is 0 Å². The van der Waals surface area contributed by atoms with Crippen molar-refractivity contribution in [1.29, 1.82) is 0 Å². The van der Waals surface area contributed by atoms with Crippen molar-refractivity contribution >= 4 is 27.8 Å². The lowest BCUT2D eigenvalue weighted by Crippen LogP contribution is -2.21. The van der Waals surface area contributed by atoms with E-state index in [1.54, 1.807) is 24.8 Å². The molecule has 2 aromatic carbocycles. The fourth-order valence-electron chi connectivity index (χ4n) is 4.87. The zero-order valence-electron chi connectivity index (χ0n) is 21.3. The molecule has 0 spiro atoms. The summed E-state index contributed by atoms with van der Waals surface area (Å²) < 4.78 is 0. The normalized spacial score (nSPS) is 12.1. The number of benzene rings is 2. The van der Waals surface area contributed by atoms with E-state index in [1.165, 1.54) is 0 Å². The zero-order valence-corrected chi connectivity index (χ0v) is 21.3. The summed E-state index contributed by atoms with van der Waals surface area (Å²) in [6, 6.07) is 25.6. The molecular weight excluding hydrogens is 500 g/mol. The number of hydrogen-bond donors (Lipinski definition) is 4. The first-order valence-corrected chi connectivity index (χ1v) is 12.9. The van der Waals surface area contributed by atoms with Crippen LogP contribution in [0.5, 0.6) is 0 Å². The first kappa shape index (κ1) is 23.7. The minimum Gasteiger partial charge on any atom is -0.373 e. The van der Waals surface area contributed by atoms with Crippen LogP contribution in [0.1, 0.15) is 5.56 Å². The van der Waals surface area contributed by atoms with Crippen molar-refractivity contribution in [1.82, 2.24) is 35.1 Å². The second kappa shape index (κ2) is 10.0. The summed E-state index contributed by atoms with van der Waals surface area (Å²) >= 11 is 0. The van der Waals surface area contributed by atoms with Gasteiger partial charge in [-0.1, -0.05) is 42.5 Å². The molecule has 194 valence electrons. The van der Waals surface area contributed by atoms with E-state index in [1.807, 2.05) is 78.9 Å². The maximum atomic E-state index is 10.6. The summed E-state index contributed by atoms with van der Waals surface area (Å²) in [7, 11) is 0. The quantitative estimate of drug-likeness (QED) is 0.200. The lowest BCUT2D eigenvalue weighted by atomic mass is 10.1. The zero-order chi connectivity index (χ0) is 26.9. The van der Waals surface area contributed by atoms with Gasteiger partial charge in [-0.05, 0) is 47.5 Å². The lowest BCUT2D eigenvalue weighted by molar-refractivity contribution is 0.204. The van der Waals surface area contributed by atoms with Crippen LogP contribution in [0.3, 0.4) is 0 Å². The highest BCUT2D eigenvalue weighted by Gasteiger charge is 2.17. The number of pyridine rings is 3. The number of anilines is 1. The summed E-state index contributed by atoms with van der Waals surface area (Å²) in [6.07, 6.45) is 6.73. The highest BCUT2D eigenvalue weighted by atomic mass is 16.3. The molecule has 5 heterocycles. The Balaban J connectivity index is 1.21. The van der Waals surface area contributed by atoms with Gasteiger partial charge in [0.1, 0.15) is 11.7 Å². The third-order valence-corrected chi connectivity index (χ3v) is 6.78. The van der Waals surface area contributed by atoms with Crippen LogP contribution in [-0.4, -0.2) is 46.5 Å². The number of aromatic nitrogens is 7. The van der Waals surface area contributed by atoms with Gasteiger partial charge in [-0.15, -0.1) is 0 Å². The second-order valence-corrected chi connectivity index (χ2v) is 9.50. The standard InChI is InChI=1S/C31H24N8O/c40-27(15-19-5-2-1-3-6-19)34-22-16-21(17-33-18-22)24-9-10-26-29(35-24)30(39-38-26)31-36-25-8-4-7-23(28(25)37-31)20-11-13-32-14-12-20/h1-14,16-18,27,34,40H,15H2,(H,36,37)(H,38,39). The van der Waals surface area contributed by atoms with Gasteiger partial charge in [-0.3, -0.25) is 15.1 Å². The Morgan fingerprint density at radius 3 is 2.52 bits per heavy atom. The van der Waals surface area contributed by atoms with E-state index < -0.39 is 6.23 Å². The molecule has 1 unspecified atom stereocenters. The molecule has 1 atom stereocenters. The average molecular weight is 525 g/mol. The number of imidazole rings is 1. The van der Waals surface area contributed by atoms with Crippen molar-refractivity contribution in [3.05, 3.63) is 109 Å². The highest BCUT2D eigenvalue weighted by Crippen LogP contribution is 2.32. The van der Waals surface area contributed by atoms with Gasteiger partial charge in [0.2, 0.25) is 0 Å². The fraction of sp³-hybridized carbons (Fsp3) is 0.0645. The molecule has 0 radical (unpaired) electrons. The maximum Gasteiger partial charge on any atom is 0.161 e. The summed E-state index contributed by atoms with van der Waals surface area (Å²) in [5.41, 5.74) is 9.25. The van der Waals surface area contributed by atoms with Crippen molar-refractivity contribution in [2.24, 2.45) is 0 Å². The number of nitrogens with zero attached hydrogens (tertiary/aromatic N) is 5. The Kier molecular flexibility index (Phi) is 5.95. The van der Waals surface area contributed by atoms with Crippen molar-refractivity contribution in [3.8, 4) is 33.9 Å². The maximum absolute atomic E-state index is 10.6. The first-order valence-electron chi connectivity index (χ1n) is 12.9. The van der Waals surface area contributed by atoms with Gasteiger partial charge in [0.15, 0.2) is 11.5 Å². The van der Waals surface area contributed by atoms with Crippen LogP contribution in [0, 0.1) is 0 Å². The van der Waals surface area contributed by atoms with Crippen LogP contribution in [0.15, 0.2) is 104 Å². The SMILES string of the molecule is OC(Cc1ccccc1)Nc1cncc(-c2ccc3[nH]nc(-c4nc5c(-c6ccncc6)cccc5[nH]4)c3n2)c1. The molecule has 0 amide bonds. The Morgan fingerprint density at radius 1 is 0.775 bits per heavy atom. The molecule has 9 heteroatoms. The Labute approximate surface area is 229 Å². The number of fused-ring (bicyclic) bond motifs is 2.